The Morgan fingerprint density at radius 2 is 1.83 bits per heavy atom. The number of fused-ring (bicyclic) bond motifs is 1. The summed E-state index contributed by atoms with van der Waals surface area (Å²) in [4.78, 5) is 45.2. The summed E-state index contributed by atoms with van der Waals surface area (Å²) in [5.74, 6) is 1.45. The van der Waals surface area contributed by atoms with Crippen LogP contribution in [-0.2, 0) is 4.74 Å². The Kier molecular flexibility index (Phi) is 9.17. The van der Waals surface area contributed by atoms with Crippen LogP contribution in [0.25, 0.3) is 28.0 Å². The van der Waals surface area contributed by atoms with Crippen LogP contribution in [0.1, 0.15) is 58.7 Å². The van der Waals surface area contributed by atoms with Gasteiger partial charge in [0.25, 0.3) is 0 Å². The number of ether oxygens (including phenoxy) is 3. The third-order valence-electron chi connectivity index (χ3n) is 7.94. The zero-order valence-corrected chi connectivity index (χ0v) is 28.6. The lowest BCUT2D eigenvalue weighted by atomic mass is 10.0. The molecule has 1 saturated heterocycles. The van der Waals surface area contributed by atoms with Crippen molar-refractivity contribution in [3.63, 3.8) is 0 Å². The Morgan fingerprint density at radius 1 is 1.09 bits per heavy atom. The maximum absolute atomic E-state index is 14.2. The van der Waals surface area contributed by atoms with Crippen molar-refractivity contribution in [1.82, 2.24) is 24.4 Å². The number of halogens is 1. The van der Waals surface area contributed by atoms with E-state index >= 15 is 0 Å². The van der Waals surface area contributed by atoms with Gasteiger partial charge in [-0.2, -0.15) is 4.98 Å². The van der Waals surface area contributed by atoms with Crippen molar-refractivity contribution in [3.05, 3.63) is 63.3 Å². The van der Waals surface area contributed by atoms with Gasteiger partial charge in [-0.15, -0.1) is 0 Å². The van der Waals surface area contributed by atoms with E-state index in [1.807, 2.05) is 71.6 Å². The zero-order chi connectivity index (χ0) is 33.5. The maximum atomic E-state index is 14.2. The molecule has 0 radical (unpaired) electrons. The summed E-state index contributed by atoms with van der Waals surface area (Å²) < 4.78 is 18.4. The van der Waals surface area contributed by atoms with Crippen LogP contribution in [0.15, 0.2) is 41.3 Å². The maximum Gasteiger partial charge on any atom is 0.410 e. The molecule has 3 aromatic heterocycles. The number of aromatic nitrogens is 4. The number of hydrogen-bond acceptors (Lipinski definition) is 9. The Bertz CT molecular complexity index is 1850. The molecule has 1 aliphatic heterocycles. The van der Waals surface area contributed by atoms with Gasteiger partial charge in [0.1, 0.15) is 11.4 Å². The number of methoxy groups -OCH3 is 2. The molecule has 1 atom stereocenters. The van der Waals surface area contributed by atoms with Crippen LogP contribution in [0.5, 0.6) is 11.5 Å². The van der Waals surface area contributed by atoms with E-state index in [0.29, 0.717) is 70.0 Å². The third kappa shape index (κ3) is 6.20. The minimum Gasteiger partial charge on any atom is -0.493 e. The molecule has 4 aromatic rings. The van der Waals surface area contributed by atoms with Crippen molar-refractivity contribution in [2.24, 2.45) is 0 Å². The zero-order valence-electron chi connectivity index (χ0n) is 27.8. The van der Waals surface area contributed by atoms with Crippen molar-refractivity contribution in [1.29, 1.82) is 0 Å². The molecule has 0 aliphatic carbocycles. The first-order valence-corrected chi connectivity index (χ1v) is 15.7. The van der Waals surface area contributed by atoms with Gasteiger partial charge in [-0.1, -0.05) is 31.5 Å². The normalized spacial score (nSPS) is 15.4. The molecule has 0 N–H and O–H groups in total. The fourth-order valence-corrected chi connectivity index (χ4v) is 6.09. The first kappa shape index (κ1) is 33.0. The average Bonchev–Trinajstić information content (AvgIpc) is 2.99. The lowest BCUT2D eigenvalue weighted by molar-refractivity contribution is 0.0218. The molecule has 0 saturated carbocycles. The highest BCUT2D eigenvalue weighted by atomic mass is 35.5. The summed E-state index contributed by atoms with van der Waals surface area (Å²) in [7, 11) is 3.12. The van der Waals surface area contributed by atoms with E-state index in [9.17, 15) is 9.59 Å². The molecule has 11 nitrogen and oxygen atoms in total. The van der Waals surface area contributed by atoms with Gasteiger partial charge in [-0.25, -0.2) is 19.1 Å². The Hall–Kier alpha value is -4.38. The van der Waals surface area contributed by atoms with E-state index in [-0.39, 0.29) is 18.1 Å². The van der Waals surface area contributed by atoms with Gasteiger partial charge in [-0.3, -0.25) is 4.98 Å². The molecule has 1 fully saturated rings. The SMILES string of the molecule is COc1cccc(-c2nc3c(cc2Cl)c(N2CCN(C(=O)OC(C)(C)C)CC2C)nc(=O)n3-c2c(C)ccnc2C(C)C)c1OC. The number of carbonyl (C=O) groups is 1. The van der Waals surface area contributed by atoms with Crippen LogP contribution in [0, 0.1) is 6.92 Å². The number of pyridine rings is 2. The molecule has 5 rings (SSSR count). The molecular formula is C34H41ClN6O5. The van der Waals surface area contributed by atoms with Crippen LogP contribution >= 0.6 is 11.6 Å². The molecule has 12 heteroatoms. The molecule has 46 heavy (non-hydrogen) atoms. The lowest BCUT2D eigenvalue weighted by Crippen LogP contribution is -2.55. The van der Waals surface area contributed by atoms with Gasteiger partial charge in [0.2, 0.25) is 0 Å². The fraction of sp³-hybridized carbons (Fsp3) is 0.441. The van der Waals surface area contributed by atoms with Gasteiger partial charge in [0, 0.05) is 37.4 Å². The number of rotatable bonds is 6. The molecule has 1 aromatic carbocycles. The van der Waals surface area contributed by atoms with Crippen molar-refractivity contribution >= 4 is 34.5 Å². The number of amides is 1. The average molecular weight is 649 g/mol. The number of carbonyl (C=O) groups excluding carboxylic acids is 1. The van der Waals surface area contributed by atoms with Crippen molar-refractivity contribution in [2.45, 2.75) is 66.0 Å². The number of piperazine rings is 1. The second kappa shape index (κ2) is 12.8. The second-order valence-electron chi connectivity index (χ2n) is 12.8. The Balaban J connectivity index is 1.75. The fourth-order valence-electron chi connectivity index (χ4n) is 5.84. The number of aryl methyl sites for hydroxylation is 1. The molecule has 244 valence electrons. The van der Waals surface area contributed by atoms with Crippen LogP contribution in [0.3, 0.4) is 0 Å². The highest BCUT2D eigenvalue weighted by molar-refractivity contribution is 6.34. The first-order chi connectivity index (χ1) is 21.7. The van der Waals surface area contributed by atoms with Crippen LogP contribution in [0.2, 0.25) is 5.02 Å². The Labute approximate surface area is 274 Å². The van der Waals surface area contributed by atoms with E-state index < -0.39 is 11.3 Å². The van der Waals surface area contributed by atoms with Gasteiger partial charge < -0.3 is 24.0 Å². The molecule has 0 bridgehead atoms. The highest BCUT2D eigenvalue weighted by Gasteiger charge is 2.33. The van der Waals surface area contributed by atoms with Gasteiger partial charge in [-0.05, 0) is 70.4 Å². The predicted molar refractivity (Wildman–Crippen MR) is 180 cm³/mol. The number of nitrogens with zero attached hydrogens (tertiary/aromatic N) is 6. The van der Waals surface area contributed by atoms with E-state index in [4.69, 9.17) is 30.8 Å². The number of benzene rings is 1. The predicted octanol–water partition coefficient (Wildman–Crippen LogP) is 6.39. The highest BCUT2D eigenvalue weighted by Crippen LogP contribution is 2.42. The van der Waals surface area contributed by atoms with Crippen LogP contribution in [-0.4, -0.2) is 76.0 Å². The first-order valence-electron chi connectivity index (χ1n) is 15.3. The number of hydrogen-bond donors (Lipinski definition) is 0. The summed E-state index contributed by atoms with van der Waals surface area (Å²) >= 11 is 7.01. The number of para-hydroxylation sites is 1. The van der Waals surface area contributed by atoms with Crippen LogP contribution in [0.4, 0.5) is 10.6 Å². The topological polar surface area (TPSA) is 112 Å². The van der Waals surface area contributed by atoms with Crippen LogP contribution < -0.4 is 20.1 Å². The number of anilines is 1. The largest absolute Gasteiger partial charge is 0.493 e. The third-order valence-corrected chi connectivity index (χ3v) is 8.22. The summed E-state index contributed by atoms with van der Waals surface area (Å²) in [6, 6.07) is 8.95. The van der Waals surface area contributed by atoms with Gasteiger partial charge in [0.05, 0.1) is 41.7 Å². The summed E-state index contributed by atoms with van der Waals surface area (Å²) in [6.45, 7) is 14.7. The summed E-state index contributed by atoms with van der Waals surface area (Å²) in [6.07, 6.45) is 1.37. The van der Waals surface area contributed by atoms with Gasteiger partial charge in [0.15, 0.2) is 17.1 Å². The molecule has 1 unspecified atom stereocenters. The second-order valence-corrected chi connectivity index (χ2v) is 13.2. The van der Waals surface area contributed by atoms with E-state index in [1.54, 1.807) is 37.4 Å². The lowest BCUT2D eigenvalue weighted by Gasteiger charge is -2.41. The quantitative estimate of drug-likeness (QED) is 0.235. The van der Waals surface area contributed by atoms with Crippen molar-refractivity contribution in [3.8, 4) is 28.4 Å². The van der Waals surface area contributed by atoms with E-state index in [1.165, 1.54) is 4.57 Å². The molecule has 1 aliphatic rings. The van der Waals surface area contributed by atoms with Crippen molar-refractivity contribution in [2.75, 3.05) is 38.8 Å². The van der Waals surface area contributed by atoms with E-state index in [2.05, 4.69) is 9.97 Å². The van der Waals surface area contributed by atoms with Crippen molar-refractivity contribution < 1.29 is 19.0 Å². The monoisotopic (exact) mass is 648 g/mol. The Morgan fingerprint density at radius 3 is 2.46 bits per heavy atom. The standard InChI is InChI=1S/C34H41ClN6O5/c1-19(2)26-28(20(3)13-14-36-26)41-31-23(17-24(35)27(37-31)22-11-10-12-25(44-8)29(22)45-9)30(38-32(41)42)40-16-15-39(18-21(40)4)33(43)46-34(5,6)7/h10-14,17,19,21H,15-16,18H2,1-9H3. The molecule has 4 heterocycles. The van der Waals surface area contributed by atoms with Gasteiger partial charge >= 0.3 is 11.8 Å². The summed E-state index contributed by atoms with van der Waals surface area (Å²) in [5, 5.41) is 0.935. The van der Waals surface area contributed by atoms with E-state index in [0.717, 1.165) is 11.3 Å². The smallest absolute Gasteiger partial charge is 0.410 e. The molecule has 1 amide bonds. The summed E-state index contributed by atoms with van der Waals surface area (Å²) in [5.41, 5.74) is 2.53. The molecule has 0 spiro atoms. The minimum absolute atomic E-state index is 0.0164. The molecular weight excluding hydrogens is 608 g/mol. The minimum atomic E-state index is -0.607.